The molecule has 2 aromatic rings. The highest BCUT2D eigenvalue weighted by molar-refractivity contribution is 7.89. The van der Waals surface area contributed by atoms with Gasteiger partial charge in [0.1, 0.15) is 12.1 Å². The fourth-order valence-corrected chi connectivity index (χ4v) is 5.28. The number of hydrogen-bond acceptors (Lipinski definition) is 6. The van der Waals surface area contributed by atoms with Crippen LogP contribution in [0.3, 0.4) is 0 Å². The average Bonchev–Trinajstić information content (AvgIpc) is 3.33. The Hall–Kier alpha value is -3.22. The van der Waals surface area contributed by atoms with Gasteiger partial charge in [-0.2, -0.15) is 4.72 Å². The molecule has 0 aromatic heterocycles. The van der Waals surface area contributed by atoms with E-state index in [0.717, 1.165) is 10.8 Å². The van der Waals surface area contributed by atoms with Gasteiger partial charge < -0.3 is 26.4 Å². The predicted molar refractivity (Wildman–Crippen MR) is 132 cm³/mol. The molecule has 2 amide bonds. The van der Waals surface area contributed by atoms with Crippen molar-refractivity contribution in [2.45, 2.75) is 42.7 Å². The van der Waals surface area contributed by atoms with Crippen LogP contribution in [0, 0.1) is 5.41 Å². The van der Waals surface area contributed by atoms with Crippen LogP contribution in [-0.2, 0) is 19.6 Å². The molecule has 0 radical (unpaired) electrons. The van der Waals surface area contributed by atoms with Crippen LogP contribution in [0.1, 0.15) is 25.7 Å². The summed E-state index contributed by atoms with van der Waals surface area (Å²) >= 11 is 0. The Bertz CT molecular complexity index is 1170. The first-order valence-corrected chi connectivity index (χ1v) is 13.0. The van der Waals surface area contributed by atoms with Gasteiger partial charge in [0.2, 0.25) is 21.8 Å². The Balaban J connectivity index is 1.61. The van der Waals surface area contributed by atoms with Crippen molar-refractivity contribution in [3.8, 4) is 0 Å². The lowest BCUT2D eigenvalue weighted by Gasteiger charge is -2.28. The standard InChI is InChI=1S/C23H32N6O5S/c24-23(25)27-12-4-3-11-26-21(31)20-8-5-13-29(20)22(32)19(15-30)28-35(33,34)18-10-9-16-6-1-2-7-17(16)14-18/h1-2,6-7,9-10,14,19-20,28,30H,3-5,8,11-13,15H2,(H,26,31)(H4,24,25,27)/t19-,20-/m1/s1. The second-order valence-corrected chi connectivity index (χ2v) is 10.1. The fourth-order valence-electron chi connectivity index (χ4n) is 4.06. The number of benzene rings is 2. The lowest BCUT2D eigenvalue weighted by molar-refractivity contribution is -0.140. The molecule has 12 heteroatoms. The number of carbonyl (C=O) groups is 2. The summed E-state index contributed by atoms with van der Waals surface area (Å²) in [6.45, 7) is 0.483. The van der Waals surface area contributed by atoms with E-state index in [1.54, 1.807) is 18.2 Å². The first kappa shape index (κ1) is 26.4. The highest BCUT2D eigenvalue weighted by Crippen LogP contribution is 2.21. The van der Waals surface area contributed by atoms with Gasteiger partial charge in [-0.05, 0) is 48.6 Å². The number of likely N-dealkylation sites (tertiary alicyclic amines) is 1. The summed E-state index contributed by atoms with van der Waals surface area (Å²) in [5.74, 6) is -1.06. The Morgan fingerprint density at radius 2 is 1.80 bits per heavy atom. The van der Waals surface area contributed by atoms with E-state index in [0.29, 0.717) is 45.3 Å². The van der Waals surface area contributed by atoms with Gasteiger partial charge in [-0.1, -0.05) is 30.3 Å². The Labute approximate surface area is 204 Å². The van der Waals surface area contributed by atoms with Crippen molar-refractivity contribution < 1.29 is 23.1 Å². The van der Waals surface area contributed by atoms with Gasteiger partial charge in [-0.3, -0.25) is 15.0 Å². The summed E-state index contributed by atoms with van der Waals surface area (Å²) in [6.07, 6.45) is 2.43. The normalized spacial score (nSPS) is 16.7. The van der Waals surface area contributed by atoms with Gasteiger partial charge in [0, 0.05) is 19.6 Å². The summed E-state index contributed by atoms with van der Waals surface area (Å²) < 4.78 is 28.2. The summed E-state index contributed by atoms with van der Waals surface area (Å²) in [4.78, 5) is 27.1. The maximum Gasteiger partial charge on any atom is 0.243 e. The van der Waals surface area contributed by atoms with Gasteiger partial charge in [0.05, 0.1) is 11.5 Å². The zero-order chi connectivity index (χ0) is 25.4. The van der Waals surface area contributed by atoms with Crippen LogP contribution >= 0.6 is 0 Å². The molecule has 1 fully saturated rings. The largest absolute Gasteiger partial charge is 0.394 e. The first-order valence-electron chi connectivity index (χ1n) is 11.5. The van der Waals surface area contributed by atoms with Crippen LogP contribution in [0.4, 0.5) is 0 Å². The van der Waals surface area contributed by atoms with E-state index in [2.05, 4.69) is 15.4 Å². The maximum absolute atomic E-state index is 13.1. The topological polar surface area (TPSA) is 178 Å². The molecule has 0 spiro atoms. The van der Waals surface area contributed by atoms with Gasteiger partial charge in [0.15, 0.2) is 5.96 Å². The number of unbranched alkanes of at least 4 members (excludes halogenated alkanes) is 1. The van der Waals surface area contributed by atoms with E-state index in [-0.39, 0.29) is 16.8 Å². The Morgan fingerprint density at radius 1 is 1.11 bits per heavy atom. The van der Waals surface area contributed by atoms with Crippen LogP contribution in [0.2, 0.25) is 0 Å². The number of guanidine groups is 1. The van der Waals surface area contributed by atoms with E-state index >= 15 is 0 Å². The van der Waals surface area contributed by atoms with Crippen molar-refractivity contribution in [1.82, 2.24) is 20.3 Å². The molecule has 11 nitrogen and oxygen atoms in total. The molecule has 2 atom stereocenters. The SMILES string of the molecule is N=C(N)NCCCCNC(=O)[C@H]1CCCN1C(=O)[C@@H](CO)NS(=O)(=O)c1ccc2ccccc2c1. The molecular weight excluding hydrogens is 472 g/mol. The summed E-state index contributed by atoms with van der Waals surface area (Å²) in [5.41, 5.74) is 5.22. The molecule has 1 heterocycles. The van der Waals surface area contributed by atoms with Crippen molar-refractivity contribution in [3.05, 3.63) is 42.5 Å². The van der Waals surface area contributed by atoms with Crippen LogP contribution < -0.4 is 21.1 Å². The van der Waals surface area contributed by atoms with Crippen LogP contribution in [0.15, 0.2) is 47.4 Å². The molecule has 1 aliphatic rings. The van der Waals surface area contributed by atoms with Crippen molar-refractivity contribution in [2.24, 2.45) is 5.73 Å². The van der Waals surface area contributed by atoms with Crippen molar-refractivity contribution in [1.29, 1.82) is 5.41 Å². The van der Waals surface area contributed by atoms with Crippen LogP contribution in [0.25, 0.3) is 10.8 Å². The number of carbonyl (C=O) groups excluding carboxylic acids is 2. The van der Waals surface area contributed by atoms with Crippen LogP contribution in [0.5, 0.6) is 0 Å². The van der Waals surface area contributed by atoms with Crippen molar-refractivity contribution >= 4 is 38.6 Å². The Kier molecular flexibility index (Phi) is 9.01. The molecule has 2 aromatic carbocycles. The minimum atomic E-state index is -4.09. The van der Waals surface area contributed by atoms with E-state index < -0.39 is 34.6 Å². The van der Waals surface area contributed by atoms with Gasteiger partial charge >= 0.3 is 0 Å². The summed E-state index contributed by atoms with van der Waals surface area (Å²) in [7, 11) is -4.09. The molecule has 1 saturated heterocycles. The monoisotopic (exact) mass is 504 g/mol. The molecule has 7 N–H and O–H groups in total. The van der Waals surface area contributed by atoms with Gasteiger partial charge in [-0.15, -0.1) is 0 Å². The number of aliphatic hydroxyl groups is 1. The second-order valence-electron chi connectivity index (χ2n) is 8.39. The van der Waals surface area contributed by atoms with Gasteiger partial charge in [-0.25, -0.2) is 8.42 Å². The second kappa shape index (κ2) is 12.0. The molecule has 35 heavy (non-hydrogen) atoms. The number of nitrogens with zero attached hydrogens (tertiary/aromatic N) is 1. The fraction of sp³-hybridized carbons (Fsp3) is 0.435. The van der Waals surface area contributed by atoms with E-state index in [1.807, 2.05) is 12.1 Å². The lowest BCUT2D eigenvalue weighted by Crippen LogP contribution is -2.54. The molecule has 190 valence electrons. The van der Waals surface area contributed by atoms with Crippen LogP contribution in [-0.4, -0.2) is 74.5 Å². The molecule has 0 unspecified atom stereocenters. The molecule has 0 bridgehead atoms. The minimum Gasteiger partial charge on any atom is -0.394 e. The number of fused-ring (bicyclic) bond motifs is 1. The third-order valence-corrected chi connectivity index (χ3v) is 7.34. The third kappa shape index (κ3) is 6.90. The van der Waals surface area contributed by atoms with Crippen molar-refractivity contribution in [3.63, 3.8) is 0 Å². The number of nitrogens with one attached hydrogen (secondary N) is 4. The van der Waals surface area contributed by atoms with E-state index in [9.17, 15) is 23.1 Å². The van der Waals surface area contributed by atoms with E-state index in [4.69, 9.17) is 11.1 Å². The minimum absolute atomic E-state index is 0.0163. The average molecular weight is 505 g/mol. The number of rotatable bonds is 11. The molecule has 0 aliphatic carbocycles. The number of aliphatic hydroxyl groups excluding tert-OH is 1. The molecule has 1 aliphatic heterocycles. The third-order valence-electron chi connectivity index (χ3n) is 5.87. The quantitative estimate of drug-likeness (QED) is 0.140. The van der Waals surface area contributed by atoms with Gasteiger partial charge in [0.25, 0.3) is 0 Å². The number of sulfonamides is 1. The van der Waals surface area contributed by atoms with Crippen molar-refractivity contribution in [2.75, 3.05) is 26.2 Å². The number of hydrogen-bond donors (Lipinski definition) is 6. The maximum atomic E-state index is 13.1. The molecular formula is C23H32N6O5S. The molecule has 3 rings (SSSR count). The smallest absolute Gasteiger partial charge is 0.243 e. The Morgan fingerprint density at radius 3 is 2.49 bits per heavy atom. The molecule has 0 saturated carbocycles. The first-order chi connectivity index (χ1) is 16.7. The number of nitrogens with two attached hydrogens (primary N) is 1. The lowest BCUT2D eigenvalue weighted by atomic mass is 10.1. The number of amides is 2. The summed E-state index contributed by atoms with van der Waals surface area (Å²) in [6, 6.07) is 9.80. The highest BCUT2D eigenvalue weighted by atomic mass is 32.2. The zero-order valence-corrected chi connectivity index (χ0v) is 20.2. The zero-order valence-electron chi connectivity index (χ0n) is 19.4. The summed E-state index contributed by atoms with van der Waals surface area (Å²) in [5, 5.41) is 24.0. The van der Waals surface area contributed by atoms with E-state index in [1.165, 1.54) is 17.0 Å². The highest BCUT2D eigenvalue weighted by Gasteiger charge is 2.38. The predicted octanol–water partition coefficient (Wildman–Crippen LogP) is -0.151.